The molecule has 152 valence electrons. The monoisotopic (exact) mass is 405 g/mol. The van der Waals surface area contributed by atoms with Crippen LogP contribution in [0, 0.1) is 0 Å². The van der Waals surface area contributed by atoms with Crippen molar-refractivity contribution in [2.75, 3.05) is 14.2 Å². The quantitative estimate of drug-likeness (QED) is 0.752. The zero-order valence-electron chi connectivity index (χ0n) is 16.7. The molecule has 0 aliphatic carbocycles. The fourth-order valence-corrected chi connectivity index (χ4v) is 5.05. The predicted octanol–water partition coefficient (Wildman–Crippen LogP) is 4.06. The smallest absolute Gasteiger partial charge is 0.244 e. The summed E-state index contributed by atoms with van der Waals surface area (Å²) in [6.45, 7) is 4.13. The minimum atomic E-state index is -3.86. The lowest BCUT2D eigenvalue weighted by Crippen LogP contribution is -2.44. The summed E-state index contributed by atoms with van der Waals surface area (Å²) < 4.78 is 46.1. The largest absolute Gasteiger partial charge is 0.497 e. The lowest BCUT2D eigenvalue weighted by molar-refractivity contribution is 0.0260. The van der Waals surface area contributed by atoms with E-state index in [2.05, 4.69) is 18.6 Å². The van der Waals surface area contributed by atoms with Crippen LogP contribution < -0.4 is 18.9 Å². The highest BCUT2D eigenvalue weighted by Gasteiger charge is 2.40. The Balaban J connectivity index is 2.02. The van der Waals surface area contributed by atoms with Crippen LogP contribution in [0.25, 0.3) is 0 Å². The second-order valence-corrected chi connectivity index (χ2v) is 8.61. The molecule has 0 bridgehead atoms. The van der Waals surface area contributed by atoms with E-state index >= 15 is 0 Å². The summed E-state index contributed by atoms with van der Waals surface area (Å²) in [5.74, 6) is 1.44. The molecular weight excluding hydrogens is 378 g/mol. The number of methoxy groups -OCH3 is 2. The molecule has 0 aromatic heterocycles. The number of benzene rings is 2. The molecular formula is C21H27NO5S. The Hall–Kier alpha value is -2.25. The molecule has 0 spiro atoms. The molecule has 0 saturated carbocycles. The second-order valence-electron chi connectivity index (χ2n) is 6.92. The third kappa shape index (κ3) is 3.82. The van der Waals surface area contributed by atoms with Crippen LogP contribution in [0.4, 0.5) is 0 Å². The number of nitrogens with one attached hydrogen (secondary N) is 1. The highest BCUT2D eigenvalue weighted by Crippen LogP contribution is 2.43. The number of ether oxygens (including phenoxy) is 3. The van der Waals surface area contributed by atoms with Gasteiger partial charge in [-0.15, -0.1) is 0 Å². The average molecular weight is 406 g/mol. The van der Waals surface area contributed by atoms with Gasteiger partial charge < -0.3 is 14.2 Å². The lowest BCUT2D eigenvalue weighted by Gasteiger charge is -2.41. The van der Waals surface area contributed by atoms with Gasteiger partial charge in [0.2, 0.25) is 10.0 Å². The summed E-state index contributed by atoms with van der Waals surface area (Å²) in [4.78, 5) is 0.0527. The summed E-state index contributed by atoms with van der Waals surface area (Å²) in [7, 11) is -0.910. The van der Waals surface area contributed by atoms with Crippen molar-refractivity contribution in [3.05, 3.63) is 48.0 Å². The fourth-order valence-electron chi connectivity index (χ4n) is 3.65. The fraction of sp³-hybridized carbons (Fsp3) is 0.429. The van der Waals surface area contributed by atoms with E-state index in [1.165, 1.54) is 20.3 Å². The number of sulfonamides is 1. The van der Waals surface area contributed by atoms with Crippen LogP contribution in [0.15, 0.2) is 47.4 Å². The highest BCUT2D eigenvalue weighted by atomic mass is 32.2. The zero-order chi connectivity index (χ0) is 20.4. The van der Waals surface area contributed by atoms with Crippen molar-refractivity contribution >= 4 is 10.0 Å². The second kappa shape index (κ2) is 8.01. The van der Waals surface area contributed by atoms with Crippen LogP contribution in [0.3, 0.4) is 0 Å². The van der Waals surface area contributed by atoms with Gasteiger partial charge in [-0.05, 0) is 31.0 Å². The first-order chi connectivity index (χ1) is 13.4. The van der Waals surface area contributed by atoms with Crippen molar-refractivity contribution in [2.45, 2.75) is 49.6 Å². The Morgan fingerprint density at radius 1 is 1.11 bits per heavy atom. The van der Waals surface area contributed by atoms with Crippen molar-refractivity contribution in [3.63, 3.8) is 0 Å². The maximum atomic E-state index is 13.3. The van der Waals surface area contributed by atoms with E-state index in [9.17, 15) is 8.42 Å². The number of para-hydroxylation sites is 1. The first-order valence-electron chi connectivity index (χ1n) is 9.40. The summed E-state index contributed by atoms with van der Waals surface area (Å²) in [6.07, 6.45) is 2.14. The van der Waals surface area contributed by atoms with E-state index in [0.717, 1.165) is 24.2 Å². The number of hydrogen-bond donors (Lipinski definition) is 1. The molecule has 3 rings (SSSR count). The Kier molecular flexibility index (Phi) is 5.86. The van der Waals surface area contributed by atoms with Crippen LogP contribution in [-0.2, 0) is 10.0 Å². The van der Waals surface area contributed by atoms with Crippen molar-refractivity contribution in [2.24, 2.45) is 0 Å². The van der Waals surface area contributed by atoms with Crippen LogP contribution in [-0.4, -0.2) is 28.2 Å². The van der Waals surface area contributed by atoms with Crippen LogP contribution in [0.1, 0.15) is 44.7 Å². The number of rotatable bonds is 7. The molecule has 1 aliphatic rings. The molecule has 0 amide bonds. The molecule has 7 heteroatoms. The normalized spacial score (nSPS) is 18.1. The SMILES string of the molecule is CCC1(CC)CC(NS(=O)(=O)c2cc(OC)ccc2OC)c2ccccc2O1. The first kappa shape index (κ1) is 20.5. The molecule has 0 saturated heterocycles. The van der Waals surface area contributed by atoms with E-state index in [0.29, 0.717) is 12.2 Å². The van der Waals surface area contributed by atoms with Crippen molar-refractivity contribution in [1.29, 1.82) is 0 Å². The van der Waals surface area contributed by atoms with Gasteiger partial charge >= 0.3 is 0 Å². The molecule has 6 nitrogen and oxygen atoms in total. The van der Waals surface area contributed by atoms with Gasteiger partial charge in [0.25, 0.3) is 0 Å². The molecule has 28 heavy (non-hydrogen) atoms. The molecule has 2 aromatic rings. The Bertz CT molecular complexity index is 938. The average Bonchev–Trinajstić information content (AvgIpc) is 2.72. The lowest BCUT2D eigenvalue weighted by atomic mass is 9.84. The molecule has 1 N–H and O–H groups in total. The molecule has 0 radical (unpaired) electrons. The molecule has 1 atom stereocenters. The Morgan fingerprint density at radius 3 is 2.46 bits per heavy atom. The summed E-state index contributed by atoms with van der Waals surface area (Å²) in [6, 6.07) is 11.9. The number of fused-ring (bicyclic) bond motifs is 1. The first-order valence-corrected chi connectivity index (χ1v) is 10.9. The molecule has 1 aliphatic heterocycles. The van der Waals surface area contributed by atoms with Crippen molar-refractivity contribution in [3.8, 4) is 17.2 Å². The molecule has 2 aromatic carbocycles. The Morgan fingerprint density at radius 2 is 1.82 bits per heavy atom. The minimum Gasteiger partial charge on any atom is -0.497 e. The van der Waals surface area contributed by atoms with Gasteiger partial charge in [-0.1, -0.05) is 32.0 Å². The van der Waals surface area contributed by atoms with Gasteiger partial charge in [-0.3, -0.25) is 0 Å². The minimum absolute atomic E-state index is 0.0527. The van der Waals surface area contributed by atoms with Crippen molar-refractivity contribution < 1.29 is 22.6 Å². The standard InChI is InChI=1S/C21H27NO5S/c1-5-21(6-2)14-17(16-9-7-8-10-18(16)27-21)22-28(23,24)20-13-15(25-3)11-12-19(20)26-4/h7-13,17,22H,5-6,14H2,1-4H3. The van der Waals surface area contributed by atoms with Gasteiger partial charge in [-0.2, -0.15) is 0 Å². The maximum Gasteiger partial charge on any atom is 0.244 e. The zero-order valence-corrected chi connectivity index (χ0v) is 17.5. The highest BCUT2D eigenvalue weighted by molar-refractivity contribution is 7.89. The maximum absolute atomic E-state index is 13.3. The molecule has 1 heterocycles. The van der Waals surface area contributed by atoms with Gasteiger partial charge in [0.05, 0.1) is 20.3 Å². The van der Waals surface area contributed by atoms with E-state index in [1.54, 1.807) is 12.1 Å². The molecule has 1 unspecified atom stereocenters. The topological polar surface area (TPSA) is 73.9 Å². The van der Waals surface area contributed by atoms with E-state index in [1.807, 2.05) is 24.3 Å². The van der Waals surface area contributed by atoms with E-state index in [-0.39, 0.29) is 10.6 Å². The summed E-state index contributed by atoms with van der Waals surface area (Å²) >= 11 is 0. The van der Waals surface area contributed by atoms with Gasteiger partial charge in [0.15, 0.2) is 0 Å². The van der Waals surface area contributed by atoms with E-state index < -0.39 is 21.7 Å². The van der Waals surface area contributed by atoms with Crippen LogP contribution in [0.5, 0.6) is 17.2 Å². The number of hydrogen-bond acceptors (Lipinski definition) is 5. The molecule has 0 fully saturated rings. The van der Waals surface area contributed by atoms with Crippen LogP contribution in [0.2, 0.25) is 0 Å². The van der Waals surface area contributed by atoms with E-state index in [4.69, 9.17) is 14.2 Å². The Labute approximate surface area is 166 Å². The van der Waals surface area contributed by atoms with Gasteiger partial charge in [-0.25, -0.2) is 13.1 Å². The van der Waals surface area contributed by atoms with Crippen molar-refractivity contribution in [1.82, 2.24) is 4.72 Å². The third-order valence-corrected chi connectivity index (χ3v) is 6.94. The van der Waals surface area contributed by atoms with Crippen LogP contribution >= 0.6 is 0 Å². The van der Waals surface area contributed by atoms with Gasteiger partial charge in [0, 0.05) is 18.1 Å². The summed E-state index contributed by atoms with van der Waals surface area (Å²) in [5, 5.41) is 0. The summed E-state index contributed by atoms with van der Waals surface area (Å²) in [5.41, 5.74) is 0.436. The predicted molar refractivity (Wildman–Crippen MR) is 108 cm³/mol. The van der Waals surface area contributed by atoms with Gasteiger partial charge in [0.1, 0.15) is 27.7 Å². The third-order valence-electron chi connectivity index (χ3n) is 5.44.